The van der Waals surface area contributed by atoms with Crippen molar-refractivity contribution in [1.82, 2.24) is 20.5 Å². The van der Waals surface area contributed by atoms with Crippen molar-refractivity contribution in [3.8, 4) is 0 Å². The highest BCUT2D eigenvalue weighted by atomic mass is 35.5. The first-order chi connectivity index (χ1) is 9.97. The molecule has 2 heterocycles. The van der Waals surface area contributed by atoms with Crippen molar-refractivity contribution in [3.05, 3.63) is 51.5 Å². The molecule has 0 aliphatic heterocycles. The molecular weight excluding hydrogens is 319 g/mol. The van der Waals surface area contributed by atoms with Crippen molar-refractivity contribution in [2.24, 2.45) is 0 Å². The number of carboxylic acid groups (broad SMARTS) is 1. The summed E-state index contributed by atoms with van der Waals surface area (Å²) in [5.41, 5.74) is 0.555. The van der Waals surface area contributed by atoms with Gasteiger partial charge in [-0.25, -0.2) is 4.79 Å². The lowest BCUT2D eigenvalue weighted by molar-refractivity contribution is 0.0696. The predicted molar refractivity (Wildman–Crippen MR) is 74.4 cm³/mol. The molecule has 0 bridgehead atoms. The van der Waals surface area contributed by atoms with Gasteiger partial charge in [-0.2, -0.15) is 0 Å². The third-order valence-corrected chi connectivity index (χ3v) is 2.92. The maximum absolute atomic E-state index is 11.9. The van der Waals surface area contributed by atoms with Crippen molar-refractivity contribution < 1.29 is 14.7 Å². The SMILES string of the molecule is O=C(O)c1ccnc(CNC(=O)c2cc(Cl)nnc2Cl)c1. The largest absolute Gasteiger partial charge is 0.478 e. The summed E-state index contributed by atoms with van der Waals surface area (Å²) in [5, 5.41) is 18.4. The molecule has 0 aliphatic rings. The zero-order valence-corrected chi connectivity index (χ0v) is 11.9. The number of aromatic nitrogens is 3. The molecule has 2 rings (SSSR count). The Kier molecular flexibility index (Phi) is 4.66. The van der Waals surface area contributed by atoms with Crippen LogP contribution >= 0.6 is 23.2 Å². The molecule has 9 heteroatoms. The number of hydrogen-bond donors (Lipinski definition) is 2. The number of hydrogen-bond acceptors (Lipinski definition) is 5. The van der Waals surface area contributed by atoms with E-state index in [1.807, 2.05) is 0 Å². The van der Waals surface area contributed by atoms with E-state index < -0.39 is 11.9 Å². The van der Waals surface area contributed by atoms with Crippen LogP contribution in [-0.4, -0.2) is 32.2 Å². The minimum Gasteiger partial charge on any atom is -0.478 e. The molecule has 108 valence electrons. The van der Waals surface area contributed by atoms with Gasteiger partial charge < -0.3 is 10.4 Å². The summed E-state index contributed by atoms with van der Waals surface area (Å²) < 4.78 is 0. The van der Waals surface area contributed by atoms with E-state index in [-0.39, 0.29) is 28.0 Å². The van der Waals surface area contributed by atoms with Gasteiger partial charge in [0.25, 0.3) is 5.91 Å². The Morgan fingerprint density at radius 1 is 1.24 bits per heavy atom. The second-order valence-corrected chi connectivity index (χ2v) is 4.64. The lowest BCUT2D eigenvalue weighted by atomic mass is 10.2. The van der Waals surface area contributed by atoms with E-state index in [1.54, 1.807) is 0 Å². The first-order valence-corrected chi connectivity index (χ1v) is 6.38. The number of amides is 1. The van der Waals surface area contributed by atoms with Crippen molar-refractivity contribution in [1.29, 1.82) is 0 Å². The molecule has 1 amide bonds. The van der Waals surface area contributed by atoms with E-state index >= 15 is 0 Å². The Morgan fingerprint density at radius 3 is 2.71 bits per heavy atom. The topological polar surface area (TPSA) is 105 Å². The number of halogens is 2. The molecule has 0 spiro atoms. The molecule has 0 atom stereocenters. The average molecular weight is 327 g/mol. The number of aromatic carboxylic acids is 1. The van der Waals surface area contributed by atoms with E-state index in [4.69, 9.17) is 28.3 Å². The lowest BCUT2D eigenvalue weighted by Crippen LogP contribution is -2.24. The van der Waals surface area contributed by atoms with Gasteiger partial charge in [-0.15, -0.1) is 10.2 Å². The second kappa shape index (κ2) is 6.47. The monoisotopic (exact) mass is 326 g/mol. The third kappa shape index (κ3) is 3.87. The van der Waals surface area contributed by atoms with Gasteiger partial charge in [-0.1, -0.05) is 23.2 Å². The average Bonchev–Trinajstić information content (AvgIpc) is 2.47. The van der Waals surface area contributed by atoms with E-state index in [9.17, 15) is 9.59 Å². The molecule has 0 saturated carbocycles. The first kappa shape index (κ1) is 15.1. The summed E-state index contributed by atoms with van der Waals surface area (Å²) in [4.78, 5) is 26.7. The quantitative estimate of drug-likeness (QED) is 0.887. The Labute approximate surface area is 128 Å². The normalized spacial score (nSPS) is 10.2. The lowest BCUT2D eigenvalue weighted by Gasteiger charge is -2.06. The number of carbonyl (C=O) groups excluding carboxylic acids is 1. The van der Waals surface area contributed by atoms with Gasteiger partial charge in [-0.05, 0) is 18.2 Å². The Bertz CT molecular complexity index is 709. The predicted octanol–water partition coefficient (Wildman–Crippen LogP) is 1.81. The zero-order chi connectivity index (χ0) is 15.4. The minimum atomic E-state index is -1.07. The van der Waals surface area contributed by atoms with Crippen molar-refractivity contribution in [3.63, 3.8) is 0 Å². The van der Waals surface area contributed by atoms with Crippen molar-refractivity contribution in [2.75, 3.05) is 0 Å². The van der Waals surface area contributed by atoms with E-state index in [1.165, 1.54) is 24.4 Å². The standard InChI is InChI=1S/C12H8Cl2N4O3/c13-9-4-8(10(14)18-17-9)11(19)16-5-7-3-6(12(20)21)1-2-15-7/h1-4H,5H2,(H,16,19)(H,20,21). The first-order valence-electron chi connectivity index (χ1n) is 5.62. The smallest absolute Gasteiger partial charge is 0.335 e. The van der Waals surface area contributed by atoms with Crippen LogP contribution in [-0.2, 0) is 6.54 Å². The third-order valence-electron chi connectivity index (χ3n) is 2.46. The van der Waals surface area contributed by atoms with Crippen LogP contribution in [0.2, 0.25) is 10.3 Å². The van der Waals surface area contributed by atoms with Crippen LogP contribution in [0.5, 0.6) is 0 Å². The van der Waals surface area contributed by atoms with Crippen LogP contribution < -0.4 is 5.32 Å². The van der Waals surface area contributed by atoms with Crippen LogP contribution in [0.1, 0.15) is 26.4 Å². The molecule has 0 aliphatic carbocycles. The van der Waals surface area contributed by atoms with Crippen molar-refractivity contribution >= 4 is 35.1 Å². The molecule has 0 saturated heterocycles. The summed E-state index contributed by atoms with van der Waals surface area (Å²) in [6.07, 6.45) is 1.35. The molecule has 2 N–H and O–H groups in total. The van der Waals surface area contributed by atoms with Gasteiger partial charge in [0, 0.05) is 6.20 Å². The molecule has 7 nitrogen and oxygen atoms in total. The van der Waals surface area contributed by atoms with Crippen LogP contribution in [0.3, 0.4) is 0 Å². The highest BCUT2D eigenvalue weighted by Gasteiger charge is 2.13. The summed E-state index contributed by atoms with van der Waals surface area (Å²) in [6, 6.07) is 4.01. The molecule has 0 fully saturated rings. The number of nitrogens with zero attached hydrogens (tertiary/aromatic N) is 3. The van der Waals surface area contributed by atoms with Crippen LogP contribution in [0.25, 0.3) is 0 Å². The summed E-state index contributed by atoms with van der Waals surface area (Å²) in [7, 11) is 0. The molecule has 2 aromatic rings. The van der Waals surface area contributed by atoms with Gasteiger partial charge >= 0.3 is 5.97 Å². The van der Waals surface area contributed by atoms with Crippen LogP contribution in [0.15, 0.2) is 24.4 Å². The number of rotatable bonds is 4. The molecule has 0 aromatic carbocycles. The van der Waals surface area contributed by atoms with Gasteiger partial charge in [0.2, 0.25) is 0 Å². The number of carbonyl (C=O) groups is 2. The fourth-order valence-corrected chi connectivity index (χ4v) is 1.81. The molecule has 21 heavy (non-hydrogen) atoms. The molecular formula is C12H8Cl2N4O3. The van der Waals surface area contributed by atoms with E-state index in [0.717, 1.165) is 0 Å². The fourth-order valence-electron chi connectivity index (χ4n) is 1.49. The molecule has 0 unspecified atom stereocenters. The van der Waals surface area contributed by atoms with E-state index in [2.05, 4.69) is 20.5 Å². The number of carboxylic acids is 1. The summed E-state index contributed by atoms with van der Waals surface area (Å²) in [6.45, 7) is 0.0379. The van der Waals surface area contributed by atoms with Crippen LogP contribution in [0.4, 0.5) is 0 Å². The number of nitrogens with one attached hydrogen (secondary N) is 1. The summed E-state index contributed by atoms with van der Waals surface area (Å²) in [5.74, 6) is -1.59. The second-order valence-electron chi connectivity index (χ2n) is 3.90. The Balaban J connectivity index is 2.09. The fraction of sp³-hybridized carbons (Fsp3) is 0.0833. The highest BCUT2D eigenvalue weighted by molar-refractivity contribution is 6.34. The Hall–Kier alpha value is -2.25. The minimum absolute atomic E-state index is 0.0375. The van der Waals surface area contributed by atoms with Gasteiger partial charge in [0.1, 0.15) is 0 Å². The maximum atomic E-state index is 11.9. The van der Waals surface area contributed by atoms with Crippen LogP contribution in [0, 0.1) is 0 Å². The van der Waals surface area contributed by atoms with E-state index in [0.29, 0.717) is 5.69 Å². The highest BCUT2D eigenvalue weighted by Crippen LogP contribution is 2.15. The maximum Gasteiger partial charge on any atom is 0.335 e. The zero-order valence-electron chi connectivity index (χ0n) is 10.4. The van der Waals surface area contributed by atoms with Crippen molar-refractivity contribution in [2.45, 2.75) is 6.54 Å². The van der Waals surface area contributed by atoms with Gasteiger partial charge in [-0.3, -0.25) is 9.78 Å². The Morgan fingerprint density at radius 2 is 2.00 bits per heavy atom. The molecule has 0 radical (unpaired) electrons. The van der Waals surface area contributed by atoms with Gasteiger partial charge in [0.05, 0.1) is 23.4 Å². The number of pyridine rings is 1. The molecule has 2 aromatic heterocycles. The summed E-state index contributed by atoms with van der Waals surface area (Å²) >= 11 is 11.4. The van der Waals surface area contributed by atoms with Gasteiger partial charge in [0.15, 0.2) is 10.3 Å².